The number of carboxylic acid groups (broad SMARTS) is 1. The first kappa shape index (κ1) is 76.4. The van der Waals surface area contributed by atoms with Crippen molar-refractivity contribution >= 4 is 82.4 Å². The summed E-state index contributed by atoms with van der Waals surface area (Å²) in [6, 6.07) is 8.66. The Balaban J connectivity index is 0.977. The number of hydrogen-bond acceptors (Lipinski definition) is 27. The molecule has 37 nitrogen and oxygen atoms in total. The quantitative estimate of drug-likeness (QED) is 0.0147. The molecule has 40 heteroatoms. The lowest BCUT2D eigenvalue weighted by Gasteiger charge is -2.48. The van der Waals surface area contributed by atoms with Crippen LogP contribution in [0, 0.1) is 11.8 Å². The summed E-state index contributed by atoms with van der Waals surface area (Å²) in [5.41, 5.74) is -3.45. The Morgan fingerprint density at radius 1 is 0.694 bits per heavy atom. The first-order chi connectivity index (χ1) is 46.2. The molecule has 0 radical (unpaired) electrons. The Kier molecular flexibility index (Phi) is 25.9. The number of rotatable bonds is 29. The number of nitrogens with one attached hydrogen (secondary N) is 6. The minimum atomic E-state index is -5.35. The molecule has 15 N–H and O–H groups in total. The van der Waals surface area contributed by atoms with Gasteiger partial charge in [0.2, 0.25) is 17.7 Å². The van der Waals surface area contributed by atoms with E-state index in [1.807, 2.05) is 4.98 Å². The summed E-state index contributed by atoms with van der Waals surface area (Å²) in [6.45, 7) is -2.49. The van der Waals surface area contributed by atoms with Crippen molar-refractivity contribution in [2.45, 2.75) is 159 Å². The fourth-order valence-corrected chi connectivity index (χ4v) is 13.7. The number of benzene rings is 3. The second-order valence-electron chi connectivity index (χ2n) is 23.5. The van der Waals surface area contributed by atoms with Crippen molar-refractivity contribution in [3.8, 4) is 0 Å². The van der Waals surface area contributed by atoms with E-state index in [0.29, 0.717) is 37.1 Å². The summed E-state index contributed by atoms with van der Waals surface area (Å²) in [4.78, 5) is 107. The number of carbonyl (C=O) groups is 6. The van der Waals surface area contributed by atoms with Gasteiger partial charge >= 0.3 is 17.6 Å². The van der Waals surface area contributed by atoms with Crippen molar-refractivity contribution in [3.05, 3.63) is 92.8 Å². The number of aliphatic hydroxyl groups is 5. The average Bonchev–Trinajstić information content (AvgIpc) is 0.756. The van der Waals surface area contributed by atoms with Gasteiger partial charge in [-0.15, -0.1) is 0 Å². The van der Waals surface area contributed by atoms with Gasteiger partial charge in [0.15, 0.2) is 24.8 Å². The maximum Gasteiger partial charge on any atom is 0.338 e. The second kappa shape index (κ2) is 33.2. The second-order valence-corrected chi connectivity index (χ2v) is 27.8. The van der Waals surface area contributed by atoms with Crippen LogP contribution in [0.1, 0.15) is 79.1 Å². The molecule has 2 saturated carbocycles. The van der Waals surface area contributed by atoms with Gasteiger partial charge in [-0.1, -0.05) is 50.3 Å². The van der Waals surface area contributed by atoms with Gasteiger partial charge in [-0.05, 0) is 73.9 Å². The highest BCUT2D eigenvalue weighted by molar-refractivity contribution is 7.87. The molecule has 2 saturated heterocycles. The van der Waals surface area contributed by atoms with Gasteiger partial charge in [0, 0.05) is 30.5 Å². The molecule has 4 aliphatic rings. The molecule has 8 rings (SSSR count). The molecule has 1 aromatic heterocycles. The van der Waals surface area contributed by atoms with Gasteiger partial charge in [0.25, 0.3) is 41.8 Å². The standard InChI is InChI=1S/C58H74N6O31S3/c1-27-45(69)47(71)48(72)56(90-27)95-49-35(62-53(74)36-23-41(66)64-58(78)63-36)19-31(20-37(49)92-57-51(94-55(77)29-10-6-3-7-11-29)50(46(70)39(24-65)93-57)91-38(54(75)76)16-28-8-4-2-5-9-28)52(73)60-13-12-59-42(67)25-88-14-15-89-26-43(68)61-34-21-32(96(79,80)81)17-30-18-33(97(82,83)84)22-40(44(30)34)98(85,86)87/h3,6-7,10-11,17-18,21-23,27-28,31,35,37-39,45-51,56-57,65,69-72H,2,4-5,8-9,12-16,19-20,24-26H2,1H3,(H,59,67)(H,60,73)(H,61,68)(H,62,74)(H,75,76)(H,79,80,81)(H,82,83,84)(H,85,86,87)(H2,63,64,66,78)/t27-,31+,35-,37?,38?,39+,45+,46-,47+,48-,49+,50-,51+,56-,57?/m0/s1. The molecule has 2 aliphatic heterocycles. The number of amides is 4. The normalized spacial score (nSPS) is 26.7. The van der Waals surface area contributed by atoms with Crippen LogP contribution >= 0.6 is 0 Å². The summed E-state index contributed by atoms with van der Waals surface area (Å²) in [5.74, 6) is -7.75. The van der Waals surface area contributed by atoms with Gasteiger partial charge in [-0.2, -0.15) is 25.3 Å². The van der Waals surface area contributed by atoms with E-state index < -0.39 is 245 Å². The van der Waals surface area contributed by atoms with Gasteiger partial charge in [0.05, 0.1) is 59.1 Å². The van der Waals surface area contributed by atoms with Gasteiger partial charge < -0.3 is 94.8 Å². The van der Waals surface area contributed by atoms with Crippen molar-refractivity contribution < 1.29 is 136 Å². The smallest absolute Gasteiger partial charge is 0.338 e. The van der Waals surface area contributed by atoms with Crippen molar-refractivity contribution in [3.63, 3.8) is 0 Å². The van der Waals surface area contributed by atoms with Gasteiger partial charge in [0.1, 0.15) is 66.5 Å². The van der Waals surface area contributed by atoms with Crippen LogP contribution in [0.4, 0.5) is 5.69 Å². The van der Waals surface area contributed by atoms with E-state index in [2.05, 4.69) is 26.3 Å². The molecule has 4 aromatic rings. The maximum atomic E-state index is 14.4. The molecule has 540 valence electrons. The monoisotopic (exact) mass is 1450 g/mol. The lowest BCUT2D eigenvalue weighted by atomic mass is 9.80. The highest BCUT2D eigenvalue weighted by atomic mass is 32.2. The lowest BCUT2D eigenvalue weighted by molar-refractivity contribution is -0.347. The number of aliphatic hydroxyl groups excluding tert-OH is 5. The van der Waals surface area contributed by atoms with Crippen molar-refractivity contribution in [1.82, 2.24) is 25.9 Å². The summed E-state index contributed by atoms with van der Waals surface area (Å²) >= 11 is 0. The number of ether oxygens (including phenoxy) is 8. The highest BCUT2D eigenvalue weighted by Gasteiger charge is 2.55. The van der Waals surface area contributed by atoms with E-state index in [0.717, 1.165) is 25.3 Å². The van der Waals surface area contributed by atoms with Crippen LogP contribution in [-0.2, 0) is 87.4 Å². The van der Waals surface area contributed by atoms with Crippen LogP contribution in [0.3, 0.4) is 0 Å². The lowest BCUT2D eigenvalue weighted by Crippen LogP contribution is -2.65. The van der Waals surface area contributed by atoms with E-state index >= 15 is 0 Å². The molecule has 15 atom stereocenters. The Morgan fingerprint density at radius 2 is 1.34 bits per heavy atom. The van der Waals surface area contributed by atoms with E-state index in [1.54, 1.807) is 6.07 Å². The number of aliphatic carboxylic acids is 1. The highest BCUT2D eigenvalue weighted by Crippen LogP contribution is 2.39. The predicted molar refractivity (Wildman–Crippen MR) is 328 cm³/mol. The maximum absolute atomic E-state index is 14.4. The predicted octanol–water partition coefficient (Wildman–Crippen LogP) is -2.92. The van der Waals surface area contributed by atoms with E-state index in [4.69, 9.17) is 37.9 Å². The van der Waals surface area contributed by atoms with Crippen LogP contribution in [0.25, 0.3) is 10.8 Å². The zero-order valence-corrected chi connectivity index (χ0v) is 54.3. The number of carbonyl (C=O) groups excluding carboxylic acids is 5. The summed E-state index contributed by atoms with van der Waals surface area (Å²) in [7, 11) is -15.7. The third kappa shape index (κ3) is 20.0. The fourth-order valence-electron chi connectivity index (χ4n) is 11.7. The van der Waals surface area contributed by atoms with Crippen LogP contribution in [0.15, 0.2) is 84.9 Å². The first-order valence-electron chi connectivity index (χ1n) is 30.5. The minimum absolute atomic E-state index is 0.0398. The van der Waals surface area contributed by atoms with Gasteiger partial charge in [-0.25, -0.2) is 14.4 Å². The van der Waals surface area contributed by atoms with Crippen molar-refractivity contribution in [2.75, 3.05) is 51.4 Å². The Labute approximate surface area is 557 Å². The largest absolute Gasteiger partial charge is 0.479 e. The Morgan fingerprint density at radius 3 is 1.96 bits per heavy atom. The van der Waals surface area contributed by atoms with E-state index in [9.17, 15) is 108 Å². The molecule has 4 amide bonds. The van der Waals surface area contributed by atoms with Crippen LogP contribution < -0.4 is 32.5 Å². The first-order valence-corrected chi connectivity index (χ1v) is 34.8. The Bertz CT molecular complexity index is 3970. The van der Waals surface area contributed by atoms with Crippen molar-refractivity contribution in [1.29, 1.82) is 0 Å². The van der Waals surface area contributed by atoms with E-state index in [1.165, 1.54) is 31.2 Å². The summed E-state index contributed by atoms with van der Waals surface area (Å²) in [5, 5.41) is 74.5. The SMILES string of the molecule is C[C@@H]1O[C@@H](O[C@H]2C(OC3O[C@H](CO)[C@H](O)[C@H](OC(CC4CCCCC4)C(=O)O)[C@H]3OC(=O)c3ccccc3)C[C@H](C(=O)NCCNC(=O)COCCOCC(=O)Nc3cc(S(=O)(=O)O)cc4cc(S(=O)(=O)O)cc(S(=O)(=O)O)c34)C[C@@H]2NC(=O)c2cc(=O)[nH]c(=O)[nH]2)[C@@H](O)[C@H](O)[C@@H]1O. The Hall–Kier alpha value is -7.33. The van der Waals surface area contributed by atoms with Gasteiger partial charge in [-0.3, -0.25) is 42.6 Å². The number of aromatic nitrogens is 2. The number of aromatic amines is 2. The van der Waals surface area contributed by atoms with Crippen molar-refractivity contribution in [2.24, 2.45) is 11.8 Å². The molecular weight excluding hydrogens is 1370 g/mol. The third-order valence-corrected chi connectivity index (χ3v) is 19.1. The average molecular weight is 1450 g/mol. The zero-order valence-electron chi connectivity index (χ0n) is 51.8. The topological polar surface area (TPSA) is 575 Å². The molecule has 0 bridgehead atoms. The molecule has 3 unspecified atom stereocenters. The minimum Gasteiger partial charge on any atom is -0.479 e. The van der Waals surface area contributed by atoms with Crippen LogP contribution in [0.2, 0.25) is 0 Å². The zero-order chi connectivity index (χ0) is 71.6. The molecule has 4 fully saturated rings. The van der Waals surface area contributed by atoms with E-state index in [-0.39, 0.29) is 37.6 Å². The molecule has 0 spiro atoms. The van der Waals surface area contributed by atoms with Crippen LogP contribution in [-0.4, -0.2) is 247 Å². The summed E-state index contributed by atoms with van der Waals surface area (Å²) < 4.78 is 150. The number of anilines is 1. The van der Waals surface area contributed by atoms with Crippen LogP contribution in [0.5, 0.6) is 0 Å². The molecular formula is C58H74N6O31S3. The number of fused-ring (bicyclic) bond motifs is 1. The fraction of sp³-hybridized carbons (Fsp3) is 0.552. The molecule has 98 heavy (non-hydrogen) atoms. The number of esters is 1. The number of hydrogen-bond donors (Lipinski definition) is 15. The number of carboxylic acids is 1. The molecule has 3 heterocycles. The molecule has 3 aromatic carbocycles. The third-order valence-electron chi connectivity index (χ3n) is 16.5. The number of H-pyrrole nitrogens is 2. The molecule has 2 aliphatic carbocycles. The summed E-state index contributed by atoms with van der Waals surface area (Å²) in [6.07, 6.45) is -20.2.